The van der Waals surface area contributed by atoms with Gasteiger partial charge in [-0.25, -0.2) is 0 Å². The summed E-state index contributed by atoms with van der Waals surface area (Å²) in [6.07, 6.45) is 0. The van der Waals surface area contributed by atoms with Crippen LogP contribution in [0.5, 0.6) is 5.75 Å². The third-order valence-electron chi connectivity index (χ3n) is 1.90. The minimum Gasteiger partial charge on any atom is -0.276 e. The molecule has 76 valence electrons. The van der Waals surface area contributed by atoms with Gasteiger partial charge in [0.15, 0.2) is 0 Å². The molecule has 0 atom stereocenters. The molecule has 0 aliphatic rings. The van der Waals surface area contributed by atoms with Crippen LogP contribution in [0.15, 0.2) is 24.3 Å². The summed E-state index contributed by atoms with van der Waals surface area (Å²) in [5.41, 5.74) is 1.17. The highest BCUT2D eigenvalue weighted by Gasteiger charge is 2.13. The van der Waals surface area contributed by atoms with Gasteiger partial charge in [0.2, 0.25) is 0 Å². The van der Waals surface area contributed by atoms with Gasteiger partial charge in [-0.05, 0) is 23.1 Å². The Hall–Kier alpha value is -1.58. The first-order valence-corrected chi connectivity index (χ1v) is 4.32. The molecule has 4 nitrogen and oxygen atoms in total. The van der Waals surface area contributed by atoms with Crippen LogP contribution in [0.2, 0.25) is 0 Å². The van der Waals surface area contributed by atoms with Crippen LogP contribution < -0.4 is 4.84 Å². The van der Waals surface area contributed by atoms with E-state index < -0.39 is 5.09 Å². The topological polar surface area (TPSA) is 52.4 Å². The molecule has 0 heterocycles. The summed E-state index contributed by atoms with van der Waals surface area (Å²) in [6.45, 7) is 6.24. The fraction of sp³-hybridized carbons (Fsp3) is 0.400. The smallest absolute Gasteiger partial charge is 0.276 e. The first-order valence-electron chi connectivity index (χ1n) is 4.32. The van der Waals surface area contributed by atoms with E-state index in [2.05, 4.69) is 25.6 Å². The predicted octanol–water partition coefficient (Wildman–Crippen LogP) is 2.55. The molecule has 0 spiro atoms. The summed E-state index contributed by atoms with van der Waals surface area (Å²) in [5, 5.41) is 9.22. The van der Waals surface area contributed by atoms with Gasteiger partial charge in [0.1, 0.15) is 5.75 Å². The van der Waals surface area contributed by atoms with Crippen LogP contribution >= 0.6 is 0 Å². The average molecular weight is 195 g/mol. The molecule has 0 radical (unpaired) electrons. The summed E-state index contributed by atoms with van der Waals surface area (Å²) in [7, 11) is 0. The standard InChI is InChI=1S/C10H13NO3/c1-10(2,3)8-4-6-9(7-5-8)14-11(12)13/h4-7H,1-3H3. The zero-order chi connectivity index (χ0) is 10.8. The molecule has 4 heteroatoms. The van der Waals surface area contributed by atoms with Crippen molar-refractivity contribution in [3.8, 4) is 5.75 Å². The van der Waals surface area contributed by atoms with Crippen LogP contribution in [-0.4, -0.2) is 5.09 Å². The maximum Gasteiger partial charge on any atom is 0.299 e. The Morgan fingerprint density at radius 3 is 2.07 bits per heavy atom. The third-order valence-corrected chi connectivity index (χ3v) is 1.90. The first-order chi connectivity index (χ1) is 6.39. The van der Waals surface area contributed by atoms with E-state index in [4.69, 9.17) is 0 Å². The summed E-state index contributed by atoms with van der Waals surface area (Å²) in [4.78, 5) is 14.3. The Morgan fingerprint density at radius 1 is 1.21 bits per heavy atom. The zero-order valence-electron chi connectivity index (χ0n) is 8.48. The Labute approximate surface area is 82.6 Å². The molecule has 0 aliphatic carbocycles. The van der Waals surface area contributed by atoms with Crippen molar-refractivity contribution < 1.29 is 9.92 Å². The van der Waals surface area contributed by atoms with E-state index >= 15 is 0 Å². The molecule has 0 N–H and O–H groups in total. The Balaban J connectivity index is 2.84. The highest BCUT2D eigenvalue weighted by molar-refractivity contribution is 5.30. The molecule has 0 aliphatic heterocycles. The van der Waals surface area contributed by atoms with Crippen LogP contribution in [0.3, 0.4) is 0 Å². The molecule has 0 aromatic heterocycles. The first kappa shape index (κ1) is 10.5. The van der Waals surface area contributed by atoms with Crippen LogP contribution in [0.25, 0.3) is 0 Å². The normalized spacial score (nSPS) is 11.1. The highest BCUT2D eigenvalue weighted by Crippen LogP contribution is 2.24. The van der Waals surface area contributed by atoms with Crippen molar-refractivity contribution >= 4 is 0 Å². The monoisotopic (exact) mass is 195 g/mol. The highest BCUT2D eigenvalue weighted by atomic mass is 17.0. The summed E-state index contributed by atoms with van der Waals surface area (Å²) in [6, 6.07) is 6.87. The van der Waals surface area contributed by atoms with Crippen molar-refractivity contribution in [2.24, 2.45) is 0 Å². The predicted molar refractivity (Wildman–Crippen MR) is 52.8 cm³/mol. The van der Waals surface area contributed by atoms with Crippen molar-refractivity contribution in [3.63, 3.8) is 0 Å². The average Bonchev–Trinajstić information content (AvgIpc) is 2.02. The maximum atomic E-state index is 10.0. The van der Waals surface area contributed by atoms with Crippen molar-refractivity contribution in [3.05, 3.63) is 39.9 Å². The van der Waals surface area contributed by atoms with Gasteiger partial charge in [-0.15, -0.1) is 10.1 Å². The van der Waals surface area contributed by atoms with E-state index in [0.29, 0.717) is 0 Å². The minimum absolute atomic E-state index is 0.0488. The van der Waals surface area contributed by atoms with Gasteiger partial charge in [0.25, 0.3) is 5.09 Å². The lowest BCUT2D eigenvalue weighted by atomic mass is 9.87. The van der Waals surface area contributed by atoms with Crippen molar-refractivity contribution in [2.45, 2.75) is 26.2 Å². The van der Waals surface area contributed by atoms with Gasteiger partial charge in [-0.1, -0.05) is 32.9 Å². The van der Waals surface area contributed by atoms with Gasteiger partial charge in [0.05, 0.1) is 0 Å². The van der Waals surface area contributed by atoms with E-state index in [1.165, 1.54) is 0 Å². The fourth-order valence-corrected chi connectivity index (χ4v) is 1.10. The molecule has 14 heavy (non-hydrogen) atoms. The lowest BCUT2D eigenvalue weighted by molar-refractivity contribution is -0.711. The summed E-state index contributed by atoms with van der Waals surface area (Å²) >= 11 is 0. The Kier molecular flexibility index (Phi) is 2.74. The van der Waals surface area contributed by atoms with E-state index in [-0.39, 0.29) is 11.2 Å². The molecule has 0 unspecified atom stereocenters. The molecule has 0 amide bonds. The number of hydrogen-bond donors (Lipinski definition) is 0. The second-order valence-electron chi connectivity index (χ2n) is 4.09. The Morgan fingerprint density at radius 2 is 1.71 bits per heavy atom. The molecule has 0 bridgehead atoms. The molecule has 1 aromatic rings. The Bertz CT molecular complexity index is 324. The van der Waals surface area contributed by atoms with Crippen LogP contribution in [0, 0.1) is 10.1 Å². The molecule has 1 aromatic carbocycles. The zero-order valence-corrected chi connectivity index (χ0v) is 8.48. The van der Waals surface area contributed by atoms with E-state index in [1.807, 2.05) is 12.1 Å². The van der Waals surface area contributed by atoms with E-state index in [1.54, 1.807) is 12.1 Å². The second-order valence-corrected chi connectivity index (χ2v) is 4.09. The SMILES string of the molecule is CC(C)(C)c1ccc(O[N+](=O)[O-])cc1. The molecular weight excluding hydrogens is 182 g/mol. The van der Waals surface area contributed by atoms with Crippen LogP contribution in [0.4, 0.5) is 0 Å². The quantitative estimate of drug-likeness (QED) is 0.538. The maximum absolute atomic E-state index is 10.0. The molecule has 0 saturated heterocycles. The second kappa shape index (κ2) is 3.65. The summed E-state index contributed by atoms with van der Waals surface area (Å²) < 4.78 is 0. The molecule has 0 fully saturated rings. The van der Waals surface area contributed by atoms with Gasteiger partial charge in [0, 0.05) is 0 Å². The fourth-order valence-electron chi connectivity index (χ4n) is 1.10. The van der Waals surface area contributed by atoms with Crippen LogP contribution in [-0.2, 0) is 5.41 Å². The van der Waals surface area contributed by atoms with Gasteiger partial charge >= 0.3 is 0 Å². The number of benzene rings is 1. The van der Waals surface area contributed by atoms with Crippen LogP contribution in [0.1, 0.15) is 26.3 Å². The number of nitrogens with zero attached hydrogens (tertiary/aromatic N) is 1. The van der Waals surface area contributed by atoms with Gasteiger partial charge in [-0.2, -0.15) is 0 Å². The van der Waals surface area contributed by atoms with Gasteiger partial charge in [-0.3, -0.25) is 4.84 Å². The lowest BCUT2D eigenvalue weighted by Crippen LogP contribution is -2.11. The molecule has 1 rings (SSSR count). The number of hydrogen-bond acceptors (Lipinski definition) is 3. The largest absolute Gasteiger partial charge is 0.299 e. The number of rotatable bonds is 2. The van der Waals surface area contributed by atoms with Crippen molar-refractivity contribution in [2.75, 3.05) is 0 Å². The molecule has 0 saturated carbocycles. The summed E-state index contributed by atoms with van der Waals surface area (Å²) in [5.74, 6) is 0.253. The third kappa shape index (κ3) is 2.73. The van der Waals surface area contributed by atoms with Crippen molar-refractivity contribution in [1.29, 1.82) is 0 Å². The lowest BCUT2D eigenvalue weighted by Gasteiger charge is -2.18. The van der Waals surface area contributed by atoms with Crippen molar-refractivity contribution in [1.82, 2.24) is 0 Å². The van der Waals surface area contributed by atoms with Gasteiger partial charge < -0.3 is 0 Å². The minimum atomic E-state index is -0.813. The molecular formula is C10H13NO3. The van der Waals surface area contributed by atoms with E-state index in [0.717, 1.165) is 5.56 Å². The van der Waals surface area contributed by atoms with E-state index in [9.17, 15) is 10.1 Å².